The first-order valence-corrected chi connectivity index (χ1v) is 10.3. The molecule has 1 aromatic carbocycles. The van der Waals surface area contributed by atoms with Gasteiger partial charge in [-0.3, -0.25) is 0 Å². The van der Waals surface area contributed by atoms with Crippen LogP contribution in [0.15, 0.2) is 41.1 Å². The highest BCUT2D eigenvalue weighted by molar-refractivity contribution is 5.65. The summed E-state index contributed by atoms with van der Waals surface area (Å²) in [6.45, 7) is 9.16. The van der Waals surface area contributed by atoms with Crippen LogP contribution in [0.3, 0.4) is 0 Å². The molecule has 162 valence electrons. The highest BCUT2D eigenvalue weighted by Crippen LogP contribution is 2.40. The molecular weight excluding hydrogens is 396 g/mol. The Morgan fingerprint density at radius 1 is 1.26 bits per heavy atom. The number of rotatable bonds is 3. The molecule has 0 aliphatic carbocycles. The Balaban J connectivity index is 1.57. The number of carboxylic acid groups (broad SMARTS) is 1. The van der Waals surface area contributed by atoms with Crippen molar-refractivity contribution in [3.8, 4) is 23.1 Å². The largest absolute Gasteiger partial charge is 0.465 e. The predicted molar refractivity (Wildman–Crippen MR) is 114 cm³/mol. The fourth-order valence-electron chi connectivity index (χ4n) is 3.88. The first-order chi connectivity index (χ1) is 14.7. The van der Waals surface area contributed by atoms with E-state index < -0.39 is 6.09 Å². The standard InChI is InChI=1S/C23H26N4O4/c1-14-25-21(31-26-14)16-5-8-20(24-12-16)30-17-6-7-18-15(11-17)9-10-27(22(28)29)13-19(18)23(2,3)4/h5-8,11-12,19H,9-10,13H2,1-4H3,(H,28,29). The number of aromatic nitrogens is 3. The Morgan fingerprint density at radius 3 is 2.68 bits per heavy atom. The van der Waals surface area contributed by atoms with Crippen LogP contribution in [0.25, 0.3) is 11.5 Å². The van der Waals surface area contributed by atoms with Gasteiger partial charge in [-0.15, -0.1) is 0 Å². The van der Waals surface area contributed by atoms with Crippen LogP contribution in [-0.4, -0.2) is 44.3 Å². The van der Waals surface area contributed by atoms with Gasteiger partial charge in [0.1, 0.15) is 5.75 Å². The lowest BCUT2D eigenvalue weighted by atomic mass is 9.75. The molecule has 0 fully saturated rings. The number of pyridine rings is 1. The molecule has 0 saturated carbocycles. The fourth-order valence-corrected chi connectivity index (χ4v) is 3.88. The van der Waals surface area contributed by atoms with Crippen molar-refractivity contribution < 1.29 is 19.2 Å². The minimum absolute atomic E-state index is 0.0698. The van der Waals surface area contributed by atoms with Crippen LogP contribution in [-0.2, 0) is 6.42 Å². The molecule has 2 aromatic heterocycles. The zero-order valence-electron chi connectivity index (χ0n) is 18.1. The highest BCUT2D eigenvalue weighted by Gasteiger charge is 2.33. The molecule has 1 amide bonds. The van der Waals surface area contributed by atoms with Gasteiger partial charge >= 0.3 is 6.09 Å². The second-order valence-corrected chi connectivity index (χ2v) is 8.89. The van der Waals surface area contributed by atoms with Gasteiger partial charge in [-0.25, -0.2) is 9.78 Å². The minimum Gasteiger partial charge on any atom is -0.465 e. The molecule has 31 heavy (non-hydrogen) atoms. The summed E-state index contributed by atoms with van der Waals surface area (Å²) >= 11 is 0. The van der Waals surface area contributed by atoms with E-state index in [1.54, 1.807) is 19.2 Å². The summed E-state index contributed by atoms with van der Waals surface area (Å²) in [6, 6.07) is 9.55. The van der Waals surface area contributed by atoms with Crippen molar-refractivity contribution in [2.24, 2.45) is 5.41 Å². The van der Waals surface area contributed by atoms with E-state index in [0.717, 1.165) is 11.1 Å². The molecule has 8 nitrogen and oxygen atoms in total. The third-order valence-corrected chi connectivity index (χ3v) is 5.59. The number of hydrogen-bond acceptors (Lipinski definition) is 6. The quantitative estimate of drug-likeness (QED) is 0.640. The van der Waals surface area contributed by atoms with Gasteiger partial charge in [-0.05, 0) is 48.1 Å². The average Bonchev–Trinajstić information content (AvgIpc) is 3.04. The van der Waals surface area contributed by atoms with Crippen molar-refractivity contribution in [2.75, 3.05) is 13.1 Å². The number of amides is 1. The van der Waals surface area contributed by atoms with Crippen molar-refractivity contribution in [1.29, 1.82) is 0 Å². The van der Waals surface area contributed by atoms with E-state index in [-0.39, 0.29) is 11.3 Å². The molecular formula is C23H26N4O4. The Bertz CT molecular complexity index is 1090. The number of carbonyl (C=O) groups is 1. The van der Waals surface area contributed by atoms with Crippen LogP contribution < -0.4 is 4.74 Å². The smallest absolute Gasteiger partial charge is 0.407 e. The molecule has 1 aliphatic rings. The topological polar surface area (TPSA) is 102 Å². The summed E-state index contributed by atoms with van der Waals surface area (Å²) in [6.07, 6.45) is 1.40. The lowest BCUT2D eigenvalue weighted by molar-refractivity contribution is 0.135. The van der Waals surface area contributed by atoms with Crippen LogP contribution in [0.4, 0.5) is 4.79 Å². The van der Waals surface area contributed by atoms with E-state index in [4.69, 9.17) is 9.26 Å². The summed E-state index contributed by atoms with van der Waals surface area (Å²) in [5.74, 6) is 2.20. The number of nitrogens with zero attached hydrogens (tertiary/aromatic N) is 4. The predicted octanol–water partition coefficient (Wildman–Crippen LogP) is 4.90. The van der Waals surface area contributed by atoms with Crippen molar-refractivity contribution in [1.82, 2.24) is 20.0 Å². The van der Waals surface area contributed by atoms with Crippen molar-refractivity contribution in [3.05, 3.63) is 53.5 Å². The molecule has 1 aliphatic heterocycles. The van der Waals surface area contributed by atoms with Crippen LogP contribution in [0, 0.1) is 12.3 Å². The average molecular weight is 422 g/mol. The van der Waals surface area contributed by atoms with Gasteiger partial charge in [0.15, 0.2) is 5.82 Å². The van der Waals surface area contributed by atoms with Crippen LogP contribution in [0.1, 0.15) is 43.6 Å². The number of fused-ring (bicyclic) bond motifs is 1. The van der Waals surface area contributed by atoms with Gasteiger partial charge in [0, 0.05) is 31.3 Å². The van der Waals surface area contributed by atoms with E-state index in [1.165, 1.54) is 10.5 Å². The molecule has 3 aromatic rings. The number of hydrogen-bond donors (Lipinski definition) is 1. The SMILES string of the molecule is Cc1noc(-c2ccc(Oc3ccc4c(c3)CCN(C(=O)O)CC4C(C)(C)C)nc2)n1. The van der Waals surface area contributed by atoms with Crippen LogP contribution in [0.2, 0.25) is 0 Å². The van der Waals surface area contributed by atoms with Gasteiger partial charge in [0.05, 0.1) is 5.56 Å². The minimum atomic E-state index is -0.876. The molecule has 1 atom stereocenters. The van der Waals surface area contributed by atoms with Gasteiger partial charge in [0.2, 0.25) is 5.88 Å². The Morgan fingerprint density at radius 2 is 2.06 bits per heavy atom. The van der Waals surface area contributed by atoms with E-state index in [1.807, 2.05) is 18.2 Å². The molecule has 1 N–H and O–H groups in total. The Kier molecular flexibility index (Phi) is 5.39. The molecule has 0 saturated heterocycles. The summed E-state index contributed by atoms with van der Waals surface area (Å²) in [5, 5.41) is 13.3. The molecule has 0 spiro atoms. The molecule has 0 bridgehead atoms. The van der Waals surface area contributed by atoms with E-state index in [9.17, 15) is 9.90 Å². The van der Waals surface area contributed by atoms with E-state index in [2.05, 4.69) is 42.0 Å². The second-order valence-electron chi connectivity index (χ2n) is 8.89. The monoisotopic (exact) mass is 422 g/mol. The number of benzene rings is 1. The maximum absolute atomic E-state index is 11.6. The van der Waals surface area contributed by atoms with Gasteiger partial charge < -0.3 is 19.3 Å². The second kappa shape index (κ2) is 8.02. The van der Waals surface area contributed by atoms with E-state index in [0.29, 0.717) is 42.9 Å². The van der Waals surface area contributed by atoms with Crippen molar-refractivity contribution in [3.63, 3.8) is 0 Å². The Hall–Kier alpha value is -3.42. The third-order valence-electron chi connectivity index (χ3n) is 5.59. The summed E-state index contributed by atoms with van der Waals surface area (Å²) in [4.78, 5) is 21.7. The first kappa shape index (κ1) is 20.8. The van der Waals surface area contributed by atoms with Crippen molar-refractivity contribution >= 4 is 6.09 Å². The van der Waals surface area contributed by atoms with E-state index >= 15 is 0 Å². The van der Waals surface area contributed by atoms with Crippen molar-refractivity contribution in [2.45, 2.75) is 40.0 Å². The lowest BCUT2D eigenvalue weighted by Crippen LogP contribution is -2.36. The van der Waals surface area contributed by atoms with Crippen LogP contribution >= 0.6 is 0 Å². The zero-order chi connectivity index (χ0) is 22.2. The van der Waals surface area contributed by atoms with Gasteiger partial charge in [-0.2, -0.15) is 4.98 Å². The van der Waals surface area contributed by atoms with Gasteiger partial charge in [-0.1, -0.05) is 32.0 Å². The molecule has 8 heteroatoms. The highest BCUT2D eigenvalue weighted by atomic mass is 16.5. The fraction of sp³-hybridized carbons (Fsp3) is 0.391. The maximum atomic E-state index is 11.6. The molecule has 1 unspecified atom stereocenters. The number of ether oxygens (including phenoxy) is 1. The molecule has 3 heterocycles. The molecule has 4 rings (SSSR count). The lowest BCUT2D eigenvalue weighted by Gasteiger charge is -2.33. The Labute approximate surface area is 180 Å². The van der Waals surface area contributed by atoms with Crippen LogP contribution in [0.5, 0.6) is 11.6 Å². The summed E-state index contributed by atoms with van der Waals surface area (Å²) < 4.78 is 11.1. The third kappa shape index (κ3) is 4.52. The number of aryl methyl sites for hydroxylation is 1. The first-order valence-electron chi connectivity index (χ1n) is 10.3. The normalized spacial score (nSPS) is 16.5. The molecule has 0 radical (unpaired) electrons. The van der Waals surface area contributed by atoms with Gasteiger partial charge in [0.25, 0.3) is 5.89 Å². The summed E-state index contributed by atoms with van der Waals surface area (Å²) in [5.41, 5.74) is 2.94. The summed E-state index contributed by atoms with van der Waals surface area (Å²) in [7, 11) is 0. The maximum Gasteiger partial charge on any atom is 0.407 e. The zero-order valence-corrected chi connectivity index (χ0v) is 18.1.